The van der Waals surface area contributed by atoms with E-state index >= 15 is 0 Å². The maximum absolute atomic E-state index is 7.69. The molecule has 0 radical (unpaired) electrons. The van der Waals surface area contributed by atoms with Gasteiger partial charge in [0, 0.05) is 12.8 Å². The first-order valence-corrected chi connectivity index (χ1v) is 39.4. The van der Waals surface area contributed by atoms with E-state index in [4.69, 9.17) is 27.2 Å². The zero-order valence-electron chi connectivity index (χ0n) is 52.7. The van der Waals surface area contributed by atoms with E-state index < -0.39 is 33.3 Å². The summed E-state index contributed by atoms with van der Waals surface area (Å²) in [5, 5.41) is 5.07. The Morgan fingerprint density at radius 1 is 0.362 bits per heavy atom. The normalized spacial score (nSPS) is 14.4. The predicted octanol–water partition coefficient (Wildman–Crippen LogP) is 16.3. The quantitative estimate of drug-likeness (QED) is 0.0312. The lowest BCUT2D eigenvalue weighted by atomic mass is 10.1. The second-order valence-electron chi connectivity index (χ2n) is 27.1. The molecule has 0 aliphatic heterocycles. The molecule has 4 atom stereocenters. The summed E-state index contributed by atoms with van der Waals surface area (Å²) in [6, 6.07) is 51.8. The molecule has 0 spiro atoms. The first-order chi connectivity index (χ1) is 37.5. The molecule has 5 aromatic carbocycles. The van der Waals surface area contributed by atoms with Crippen molar-refractivity contribution in [2.75, 3.05) is 13.2 Å². The second-order valence-corrected chi connectivity index (χ2v) is 45.1. The van der Waals surface area contributed by atoms with Crippen LogP contribution in [0.25, 0.3) is 0 Å². The Labute approximate surface area is 491 Å². The highest BCUT2D eigenvalue weighted by atomic mass is 28.4. The third-order valence-corrected chi connectivity index (χ3v) is 35.8. The highest BCUT2D eigenvalue weighted by Gasteiger charge is 2.53. The molecule has 0 saturated carbocycles. The van der Waals surface area contributed by atoms with Crippen LogP contribution in [0.3, 0.4) is 0 Å². The number of hydrogen-bond acceptors (Lipinski definition) is 6. The fourth-order valence-corrected chi connectivity index (χ4v) is 22.2. The third kappa shape index (κ3) is 18.3. The van der Waals surface area contributed by atoms with Crippen LogP contribution in [0.4, 0.5) is 0 Å². The Kier molecular flexibility index (Phi) is 24.2. The average Bonchev–Trinajstić information content (AvgIpc) is 3.38. The largest absolute Gasteiger partial charge is 0.494 e. The Bertz CT molecular complexity index is 2450. The van der Waals surface area contributed by atoms with Crippen molar-refractivity contribution in [2.45, 2.75) is 219 Å². The number of rotatable bonds is 26. The van der Waals surface area contributed by atoms with Crippen LogP contribution in [0.15, 0.2) is 146 Å². The van der Waals surface area contributed by atoms with Crippen molar-refractivity contribution in [1.29, 1.82) is 0 Å². The van der Waals surface area contributed by atoms with E-state index in [1.54, 1.807) is 0 Å². The standard InChI is InChI=1S/C70H102O6Si4/c1-57(73-77(15,16)67(3,4)5)37-35-41-61(75-79(69(9,10)11,63-43-23-19-24-44-63)64-45-25-20-26-46-64)39-31-33-55-71-59-51-53-60(54-52-59)72-56-34-32-40-62(42-36-38-58(2)74-78(17,18)68(6,7)8)76-80(70(12,13)14,65-47-27-21-28-48-65)66-49-29-22-30-50-66/h19-30,43-54,57-58,61-62H,31-34,39-42,55-56H2,1-18H3. The lowest BCUT2D eigenvalue weighted by molar-refractivity contribution is 0.174. The van der Waals surface area contributed by atoms with Crippen molar-refractivity contribution < 1.29 is 27.2 Å². The first kappa shape index (κ1) is 66.3. The minimum Gasteiger partial charge on any atom is -0.494 e. The van der Waals surface area contributed by atoms with Crippen LogP contribution in [0.1, 0.15) is 148 Å². The fraction of sp³-hybridized carbons (Fsp3) is 0.514. The van der Waals surface area contributed by atoms with E-state index in [-0.39, 0.29) is 44.6 Å². The minimum atomic E-state index is -2.80. The zero-order chi connectivity index (χ0) is 58.9. The molecule has 5 aromatic rings. The van der Waals surface area contributed by atoms with Gasteiger partial charge in [-0.3, -0.25) is 0 Å². The summed E-state index contributed by atoms with van der Waals surface area (Å²) in [6.45, 7) is 42.3. The molecule has 4 unspecified atom stereocenters. The molecule has 0 N–H and O–H groups in total. The molecule has 0 aromatic heterocycles. The van der Waals surface area contributed by atoms with Crippen molar-refractivity contribution in [3.63, 3.8) is 0 Å². The molecule has 0 saturated heterocycles. The summed E-state index contributed by atoms with van der Waals surface area (Å²) in [5.41, 5.74) is 0. The summed E-state index contributed by atoms with van der Waals surface area (Å²) in [4.78, 5) is 0. The molecule has 0 fully saturated rings. The first-order valence-electron chi connectivity index (χ1n) is 29.8. The Morgan fingerprint density at radius 3 is 0.887 bits per heavy atom. The number of ether oxygens (including phenoxy) is 2. The average molecular weight is 1150 g/mol. The van der Waals surface area contributed by atoms with Gasteiger partial charge in [0.2, 0.25) is 0 Å². The molecule has 0 aliphatic rings. The van der Waals surface area contributed by atoms with Gasteiger partial charge in [-0.25, -0.2) is 0 Å². The van der Waals surface area contributed by atoms with Crippen LogP contribution in [-0.2, 0) is 17.7 Å². The summed E-state index contributed by atoms with van der Waals surface area (Å²) in [6.07, 6.45) is 6.28. The molecular weight excluding hydrogens is 1050 g/mol. The molecule has 0 bridgehead atoms. The van der Waals surface area contributed by atoms with Crippen molar-refractivity contribution >= 4 is 54.0 Å². The molecule has 6 nitrogen and oxygen atoms in total. The lowest BCUT2D eigenvalue weighted by Crippen LogP contribution is -2.67. The van der Waals surface area contributed by atoms with Crippen LogP contribution in [0.5, 0.6) is 11.5 Å². The maximum atomic E-state index is 7.69. The highest BCUT2D eigenvalue weighted by molar-refractivity contribution is 7.00. The van der Waals surface area contributed by atoms with Gasteiger partial charge in [0.25, 0.3) is 16.6 Å². The molecule has 0 amide bonds. The van der Waals surface area contributed by atoms with E-state index in [0.717, 1.165) is 50.0 Å². The fourth-order valence-electron chi connectivity index (χ4n) is 10.2. The smallest absolute Gasteiger partial charge is 0.261 e. The van der Waals surface area contributed by atoms with Crippen LogP contribution in [0.2, 0.25) is 46.3 Å². The Hall–Kier alpha value is -4.47. The van der Waals surface area contributed by atoms with Crippen molar-refractivity contribution in [1.82, 2.24) is 0 Å². The SMILES string of the molecule is CC(C#CCC(CCCCOc1ccc(OCCCCC(CC#CC(C)O[Si](C)(C)C(C)(C)C)O[Si](c2ccccc2)(c2ccccc2)C(C)(C)C)cc1)O[Si](c1ccccc1)(c1ccccc1)C(C)(C)C)O[Si](C)(C)C(C)(C)C. The van der Waals surface area contributed by atoms with Crippen LogP contribution < -0.4 is 30.2 Å². The van der Waals surface area contributed by atoms with Crippen molar-refractivity contribution in [2.24, 2.45) is 0 Å². The van der Waals surface area contributed by atoms with Gasteiger partial charge in [0.1, 0.15) is 23.7 Å². The number of hydrogen-bond donors (Lipinski definition) is 0. The van der Waals surface area contributed by atoms with E-state index in [0.29, 0.717) is 26.1 Å². The molecule has 0 heterocycles. The van der Waals surface area contributed by atoms with E-state index in [9.17, 15) is 0 Å². The van der Waals surface area contributed by atoms with Gasteiger partial charge in [-0.05, 0) is 144 Å². The van der Waals surface area contributed by atoms with Crippen LogP contribution in [-0.4, -0.2) is 70.9 Å². The Balaban J connectivity index is 1.22. The third-order valence-electron chi connectivity index (χ3n) is 16.5. The number of benzene rings is 5. The van der Waals surface area contributed by atoms with Gasteiger partial charge < -0.3 is 27.2 Å². The summed E-state index contributed by atoms with van der Waals surface area (Å²) in [5.74, 6) is 15.8. The predicted molar refractivity (Wildman–Crippen MR) is 350 cm³/mol. The van der Waals surface area contributed by atoms with Crippen LogP contribution >= 0.6 is 0 Å². The van der Waals surface area contributed by atoms with Crippen molar-refractivity contribution in [3.05, 3.63) is 146 Å². The van der Waals surface area contributed by atoms with Gasteiger partial charge in [0.05, 0.1) is 25.4 Å². The monoisotopic (exact) mass is 1150 g/mol. The summed E-state index contributed by atoms with van der Waals surface area (Å²) < 4.78 is 41.4. The van der Waals surface area contributed by atoms with Gasteiger partial charge in [0.15, 0.2) is 16.6 Å². The topological polar surface area (TPSA) is 55.4 Å². The lowest BCUT2D eigenvalue weighted by Gasteiger charge is -2.45. The maximum Gasteiger partial charge on any atom is 0.261 e. The van der Waals surface area contributed by atoms with Gasteiger partial charge >= 0.3 is 0 Å². The summed E-state index contributed by atoms with van der Waals surface area (Å²) >= 11 is 0. The zero-order valence-corrected chi connectivity index (χ0v) is 56.7. The molecule has 5 rings (SSSR count). The second kappa shape index (κ2) is 29.2. The molecular formula is C70H102O6Si4. The van der Waals surface area contributed by atoms with Gasteiger partial charge in [-0.1, -0.05) is 228 Å². The van der Waals surface area contributed by atoms with Gasteiger partial charge in [-0.15, -0.1) is 0 Å². The molecule has 434 valence electrons. The minimum absolute atomic E-state index is 0.0683. The van der Waals surface area contributed by atoms with E-state index in [1.165, 1.54) is 20.7 Å². The molecule has 80 heavy (non-hydrogen) atoms. The van der Waals surface area contributed by atoms with Crippen molar-refractivity contribution in [3.8, 4) is 35.2 Å². The Morgan fingerprint density at radius 2 is 0.637 bits per heavy atom. The van der Waals surface area contributed by atoms with Crippen LogP contribution in [0, 0.1) is 23.7 Å². The van der Waals surface area contributed by atoms with E-state index in [1.807, 2.05) is 24.3 Å². The van der Waals surface area contributed by atoms with E-state index in [2.05, 4.69) is 268 Å². The molecule has 0 aliphatic carbocycles. The molecule has 10 heteroatoms. The number of unbranched alkanes of at least 4 members (excludes halogenated alkanes) is 2. The van der Waals surface area contributed by atoms with Gasteiger partial charge in [-0.2, -0.15) is 0 Å². The summed E-state index contributed by atoms with van der Waals surface area (Å²) in [7, 11) is -9.55. The highest BCUT2D eigenvalue weighted by Crippen LogP contribution is 2.41.